The second-order valence-corrected chi connectivity index (χ2v) is 3.90. The van der Waals surface area contributed by atoms with Crippen LogP contribution in [0.1, 0.15) is 12.8 Å². The second kappa shape index (κ2) is 4.45. The van der Waals surface area contributed by atoms with Crippen molar-refractivity contribution in [3.8, 4) is 5.75 Å². The van der Waals surface area contributed by atoms with Crippen molar-refractivity contribution in [1.29, 1.82) is 0 Å². The Balaban J connectivity index is 2.19. The summed E-state index contributed by atoms with van der Waals surface area (Å²) in [5, 5.41) is 8.61. The molecule has 0 aromatic heterocycles. The number of benzene rings is 1. The van der Waals surface area contributed by atoms with Crippen molar-refractivity contribution in [3.05, 3.63) is 24.3 Å². The van der Waals surface area contributed by atoms with Crippen LogP contribution in [-0.4, -0.2) is 30.1 Å². The summed E-state index contributed by atoms with van der Waals surface area (Å²) in [7, 11) is 1.66. The van der Waals surface area contributed by atoms with Gasteiger partial charge in [-0.25, -0.2) is 0 Å². The second-order valence-electron chi connectivity index (χ2n) is 3.90. The van der Waals surface area contributed by atoms with Crippen molar-refractivity contribution < 1.29 is 19.4 Å². The molecule has 90 valence electrons. The van der Waals surface area contributed by atoms with Crippen LogP contribution in [0.3, 0.4) is 0 Å². The number of nitrogens with zero attached hydrogens (tertiary/aromatic N) is 1. The minimum Gasteiger partial charge on any atom is -0.481 e. The molecule has 1 unspecified atom stereocenters. The Bertz CT molecular complexity index is 458. The molecule has 0 fully saturated rings. The number of ether oxygens (including phenoxy) is 1. The molecule has 2 rings (SSSR count). The molecule has 0 spiro atoms. The van der Waals surface area contributed by atoms with Crippen molar-refractivity contribution in [2.45, 2.75) is 18.9 Å². The lowest BCUT2D eigenvalue weighted by Crippen LogP contribution is -2.43. The molecule has 1 aromatic rings. The van der Waals surface area contributed by atoms with Crippen molar-refractivity contribution in [2.24, 2.45) is 0 Å². The van der Waals surface area contributed by atoms with E-state index in [2.05, 4.69) is 0 Å². The van der Waals surface area contributed by atoms with Crippen molar-refractivity contribution in [3.63, 3.8) is 0 Å². The van der Waals surface area contributed by atoms with Gasteiger partial charge in [-0.1, -0.05) is 12.1 Å². The van der Waals surface area contributed by atoms with Gasteiger partial charge in [-0.3, -0.25) is 9.59 Å². The highest BCUT2D eigenvalue weighted by atomic mass is 16.5. The van der Waals surface area contributed by atoms with E-state index in [0.717, 1.165) is 0 Å². The van der Waals surface area contributed by atoms with Gasteiger partial charge < -0.3 is 14.7 Å². The summed E-state index contributed by atoms with van der Waals surface area (Å²) >= 11 is 0. The third-order valence-corrected chi connectivity index (χ3v) is 2.72. The number of amides is 1. The highest BCUT2D eigenvalue weighted by Gasteiger charge is 2.31. The first-order valence-electron chi connectivity index (χ1n) is 5.34. The van der Waals surface area contributed by atoms with Crippen LogP contribution < -0.4 is 9.64 Å². The highest BCUT2D eigenvalue weighted by molar-refractivity contribution is 5.99. The summed E-state index contributed by atoms with van der Waals surface area (Å²) in [6.45, 7) is 0. The normalized spacial score (nSPS) is 18.5. The van der Waals surface area contributed by atoms with Crippen molar-refractivity contribution in [2.75, 3.05) is 11.9 Å². The van der Waals surface area contributed by atoms with E-state index in [9.17, 15) is 9.59 Å². The van der Waals surface area contributed by atoms with Crippen LogP contribution in [0.15, 0.2) is 24.3 Å². The first-order valence-corrected chi connectivity index (χ1v) is 5.34. The number of hydrogen-bond donors (Lipinski definition) is 1. The van der Waals surface area contributed by atoms with Gasteiger partial charge in [0.1, 0.15) is 5.75 Å². The number of carbonyl (C=O) groups is 2. The minimum atomic E-state index is -0.928. The van der Waals surface area contributed by atoms with Crippen LogP contribution in [0, 0.1) is 0 Å². The fourth-order valence-corrected chi connectivity index (χ4v) is 1.81. The van der Waals surface area contributed by atoms with E-state index in [4.69, 9.17) is 9.84 Å². The van der Waals surface area contributed by atoms with Gasteiger partial charge in [-0.15, -0.1) is 0 Å². The maximum absolute atomic E-state index is 11.9. The van der Waals surface area contributed by atoms with E-state index in [1.54, 1.807) is 19.2 Å². The van der Waals surface area contributed by atoms with E-state index in [1.165, 1.54) is 4.90 Å². The number of rotatable bonds is 3. The van der Waals surface area contributed by atoms with Crippen molar-refractivity contribution in [1.82, 2.24) is 0 Å². The zero-order valence-electron chi connectivity index (χ0n) is 9.42. The third kappa shape index (κ3) is 2.22. The molecule has 1 atom stereocenters. The Hall–Kier alpha value is -2.04. The van der Waals surface area contributed by atoms with E-state index >= 15 is 0 Å². The molecule has 17 heavy (non-hydrogen) atoms. The lowest BCUT2D eigenvalue weighted by atomic mass is 10.1. The summed E-state index contributed by atoms with van der Waals surface area (Å²) in [6.07, 6.45) is -0.592. The quantitative estimate of drug-likeness (QED) is 0.856. The Morgan fingerprint density at radius 2 is 2.18 bits per heavy atom. The Morgan fingerprint density at radius 1 is 1.47 bits per heavy atom. The predicted molar refractivity (Wildman–Crippen MR) is 61.1 cm³/mol. The van der Waals surface area contributed by atoms with Crippen LogP contribution in [0.25, 0.3) is 0 Å². The van der Waals surface area contributed by atoms with Crippen LogP contribution in [0.5, 0.6) is 5.75 Å². The Labute approximate surface area is 98.6 Å². The first-order chi connectivity index (χ1) is 8.09. The molecular weight excluding hydrogens is 222 g/mol. The van der Waals surface area contributed by atoms with Gasteiger partial charge in [0.2, 0.25) is 0 Å². The molecule has 1 aliphatic rings. The SMILES string of the molecule is CN1C(=O)C(CCC(=O)O)Oc2ccccc21. The summed E-state index contributed by atoms with van der Waals surface area (Å²) in [5.74, 6) is -0.516. The Kier molecular flexibility index (Phi) is 2.99. The number of likely N-dealkylation sites (N-methyl/N-ethyl adjacent to an activating group) is 1. The lowest BCUT2D eigenvalue weighted by molar-refractivity contribution is -0.138. The van der Waals surface area contributed by atoms with E-state index < -0.39 is 12.1 Å². The molecule has 0 saturated carbocycles. The fourth-order valence-electron chi connectivity index (χ4n) is 1.81. The lowest BCUT2D eigenvalue weighted by Gasteiger charge is -2.31. The number of fused-ring (bicyclic) bond motifs is 1. The largest absolute Gasteiger partial charge is 0.481 e. The van der Waals surface area contributed by atoms with Crippen LogP contribution in [0.2, 0.25) is 0 Å². The van der Waals surface area contributed by atoms with Gasteiger partial charge in [-0.05, 0) is 12.1 Å². The van der Waals surface area contributed by atoms with E-state index in [-0.39, 0.29) is 18.7 Å². The summed E-state index contributed by atoms with van der Waals surface area (Å²) in [6, 6.07) is 7.20. The monoisotopic (exact) mass is 235 g/mol. The number of para-hydroxylation sites is 2. The smallest absolute Gasteiger partial charge is 0.303 e. The maximum atomic E-state index is 11.9. The Morgan fingerprint density at radius 3 is 2.88 bits per heavy atom. The average Bonchev–Trinajstić information content (AvgIpc) is 2.32. The fraction of sp³-hybridized carbons (Fsp3) is 0.333. The first kappa shape index (κ1) is 11.4. The highest BCUT2D eigenvalue weighted by Crippen LogP contribution is 2.33. The van der Waals surface area contributed by atoms with Crippen LogP contribution in [0.4, 0.5) is 5.69 Å². The van der Waals surface area contributed by atoms with E-state index in [0.29, 0.717) is 11.4 Å². The molecule has 1 heterocycles. The van der Waals surface area contributed by atoms with Crippen LogP contribution >= 0.6 is 0 Å². The molecule has 0 bridgehead atoms. The molecule has 0 saturated heterocycles. The summed E-state index contributed by atoms with van der Waals surface area (Å²) in [4.78, 5) is 23.9. The number of carboxylic acids is 1. The number of carboxylic acid groups (broad SMARTS) is 1. The molecule has 1 aromatic carbocycles. The molecule has 0 radical (unpaired) electrons. The topological polar surface area (TPSA) is 66.8 Å². The van der Waals surface area contributed by atoms with Gasteiger partial charge >= 0.3 is 5.97 Å². The average molecular weight is 235 g/mol. The molecule has 1 amide bonds. The summed E-state index contributed by atoms with van der Waals surface area (Å²) < 4.78 is 5.51. The number of carbonyl (C=O) groups excluding carboxylic acids is 1. The zero-order valence-corrected chi connectivity index (χ0v) is 9.42. The van der Waals surface area contributed by atoms with Gasteiger partial charge in [0.25, 0.3) is 5.91 Å². The van der Waals surface area contributed by atoms with Crippen molar-refractivity contribution >= 4 is 17.6 Å². The zero-order chi connectivity index (χ0) is 12.4. The van der Waals surface area contributed by atoms with Gasteiger partial charge in [0, 0.05) is 19.9 Å². The predicted octanol–water partition coefficient (Wildman–Crippen LogP) is 1.28. The molecule has 1 N–H and O–H groups in total. The number of aliphatic carboxylic acids is 1. The van der Waals surface area contributed by atoms with Gasteiger partial charge in [0.15, 0.2) is 6.10 Å². The van der Waals surface area contributed by atoms with Crippen LogP contribution in [-0.2, 0) is 9.59 Å². The molecule has 5 nitrogen and oxygen atoms in total. The minimum absolute atomic E-state index is 0.0770. The third-order valence-electron chi connectivity index (χ3n) is 2.72. The van der Waals surface area contributed by atoms with E-state index in [1.807, 2.05) is 12.1 Å². The molecule has 0 aliphatic carbocycles. The molecule has 1 aliphatic heterocycles. The standard InChI is InChI=1S/C12H13NO4/c1-13-8-4-2-3-5-9(8)17-10(12(13)16)6-7-11(14)15/h2-5,10H,6-7H2,1H3,(H,14,15). The summed E-state index contributed by atoms with van der Waals surface area (Å²) in [5.41, 5.74) is 0.712. The van der Waals surface area contributed by atoms with Gasteiger partial charge in [-0.2, -0.15) is 0 Å². The number of hydrogen-bond acceptors (Lipinski definition) is 3. The maximum Gasteiger partial charge on any atom is 0.303 e. The van der Waals surface area contributed by atoms with Gasteiger partial charge in [0.05, 0.1) is 5.69 Å². The number of anilines is 1. The molecular formula is C12H13NO4. The molecule has 5 heteroatoms.